The molecule has 0 bridgehead atoms. The Labute approximate surface area is 131 Å². The lowest BCUT2D eigenvalue weighted by molar-refractivity contribution is 0.435. The summed E-state index contributed by atoms with van der Waals surface area (Å²) in [5, 5.41) is 8.71. The highest BCUT2D eigenvalue weighted by molar-refractivity contribution is 7.89. The van der Waals surface area contributed by atoms with Gasteiger partial charge in [0.15, 0.2) is 0 Å². The molecule has 4 nitrogen and oxygen atoms in total. The zero-order chi connectivity index (χ0) is 16.0. The summed E-state index contributed by atoms with van der Waals surface area (Å²) in [6.07, 6.45) is 0.181. The Morgan fingerprint density at radius 1 is 1.05 bits per heavy atom. The SMILES string of the molecule is CCN(CCC#N)S(=O)(=O)c1ccccc1-c1ccccc1. The summed E-state index contributed by atoms with van der Waals surface area (Å²) in [4.78, 5) is 0.279. The zero-order valence-electron chi connectivity index (χ0n) is 12.4. The van der Waals surface area contributed by atoms with E-state index in [1.54, 1.807) is 25.1 Å². The molecular weight excluding hydrogens is 296 g/mol. The van der Waals surface area contributed by atoms with E-state index in [1.165, 1.54) is 4.31 Å². The van der Waals surface area contributed by atoms with Crippen LogP contribution in [-0.4, -0.2) is 25.8 Å². The molecule has 0 N–H and O–H groups in total. The third-order valence-electron chi connectivity index (χ3n) is 3.42. The molecule has 0 aromatic heterocycles. The van der Waals surface area contributed by atoms with Gasteiger partial charge in [0, 0.05) is 25.1 Å². The average Bonchev–Trinajstić information content (AvgIpc) is 2.56. The molecule has 0 heterocycles. The average molecular weight is 314 g/mol. The van der Waals surface area contributed by atoms with E-state index in [0.717, 1.165) is 5.56 Å². The Balaban J connectivity index is 2.51. The van der Waals surface area contributed by atoms with Crippen LogP contribution in [0, 0.1) is 11.3 Å². The quantitative estimate of drug-likeness (QED) is 0.822. The maximum Gasteiger partial charge on any atom is 0.243 e. The molecule has 0 amide bonds. The number of hydrogen-bond acceptors (Lipinski definition) is 3. The lowest BCUT2D eigenvalue weighted by atomic mass is 10.1. The van der Waals surface area contributed by atoms with Crippen molar-refractivity contribution in [2.45, 2.75) is 18.2 Å². The van der Waals surface area contributed by atoms with Gasteiger partial charge in [0.25, 0.3) is 0 Å². The van der Waals surface area contributed by atoms with E-state index in [1.807, 2.05) is 42.5 Å². The second-order valence-electron chi connectivity index (χ2n) is 4.77. The minimum Gasteiger partial charge on any atom is -0.207 e. The van der Waals surface area contributed by atoms with Gasteiger partial charge in [-0.25, -0.2) is 8.42 Å². The van der Waals surface area contributed by atoms with Crippen molar-refractivity contribution in [3.05, 3.63) is 54.6 Å². The highest BCUT2D eigenvalue weighted by atomic mass is 32.2. The Bertz CT molecular complexity index is 765. The molecule has 0 aliphatic rings. The van der Waals surface area contributed by atoms with Crippen LogP contribution in [0.15, 0.2) is 59.5 Å². The van der Waals surface area contributed by atoms with Crippen LogP contribution in [0.3, 0.4) is 0 Å². The van der Waals surface area contributed by atoms with Crippen molar-refractivity contribution in [3.63, 3.8) is 0 Å². The fraction of sp³-hybridized carbons (Fsp3) is 0.235. The first-order valence-corrected chi connectivity index (χ1v) is 8.56. The first-order valence-electron chi connectivity index (χ1n) is 7.12. The molecule has 2 aromatic carbocycles. The molecular formula is C17H18N2O2S. The number of sulfonamides is 1. The molecule has 0 fully saturated rings. The molecule has 0 aliphatic carbocycles. The van der Waals surface area contributed by atoms with E-state index in [0.29, 0.717) is 12.1 Å². The third-order valence-corrected chi connectivity index (χ3v) is 5.45. The largest absolute Gasteiger partial charge is 0.243 e. The van der Waals surface area contributed by atoms with Crippen molar-refractivity contribution < 1.29 is 8.42 Å². The van der Waals surface area contributed by atoms with Gasteiger partial charge in [-0.3, -0.25) is 0 Å². The van der Waals surface area contributed by atoms with Gasteiger partial charge in [-0.2, -0.15) is 9.57 Å². The highest BCUT2D eigenvalue weighted by Gasteiger charge is 2.25. The van der Waals surface area contributed by atoms with Crippen molar-refractivity contribution >= 4 is 10.0 Å². The van der Waals surface area contributed by atoms with Gasteiger partial charge in [0.05, 0.1) is 11.0 Å². The van der Waals surface area contributed by atoms with Crippen molar-refractivity contribution in [2.24, 2.45) is 0 Å². The summed E-state index contributed by atoms with van der Waals surface area (Å²) in [5.41, 5.74) is 1.54. The van der Waals surface area contributed by atoms with Crippen molar-refractivity contribution in [1.82, 2.24) is 4.31 Å². The molecule has 0 spiro atoms. The van der Waals surface area contributed by atoms with Gasteiger partial charge < -0.3 is 0 Å². The van der Waals surface area contributed by atoms with Crippen LogP contribution in [0.2, 0.25) is 0 Å². The van der Waals surface area contributed by atoms with Crippen LogP contribution in [-0.2, 0) is 10.0 Å². The van der Waals surface area contributed by atoms with Crippen LogP contribution in [0.4, 0.5) is 0 Å². The highest BCUT2D eigenvalue weighted by Crippen LogP contribution is 2.29. The summed E-state index contributed by atoms with van der Waals surface area (Å²) < 4.78 is 27.1. The number of benzene rings is 2. The van der Waals surface area contributed by atoms with E-state index >= 15 is 0 Å². The number of rotatable bonds is 6. The van der Waals surface area contributed by atoms with E-state index in [-0.39, 0.29) is 17.9 Å². The van der Waals surface area contributed by atoms with Gasteiger partial charge in [-0.05, 0) is 11.6 Å². The lowest BCUT2D eigenvalue weighted by Gasteiger charge is -2.21. The molecule has 0 saturated heterocycles. The lowest BCUT2D eigenvalue weighted by Crippen LogP contribution is -2.32. The van der Waals surface area contributed by atoms with Crippen LogP contribution >= 0.6 is 0 Å². The minimum absolute atomic E-state index is 0.181. The molecule has 0 aliphatic heterocycles. The van der Waals surface area contributed by atoms with Crippen LogP contribution in [0.25, 0.3) is 11.1 Å². The smallest absolute Gasteiger partial charge is 0.207 e. The zero-order valence-corrected chi connectivity index (χ0v) is 13.3. The Morgan fingerprint density at radius 2 is 1.68 bits per heavy atom. The number of nitriles is 1. The van der Waals surface area contributed by atoms with E-state index in [2.05, 4.69) is 0 Å². The van der Waals surface area contributed by atoms with Gasteiger partial charge >= 0.3 is 0 Å². The molecule has 114 valence electrons. The van der Waals surface area contributed by atoms with E-state index in [4.69, 9.17) is 5.26 Å². The van der Waals surface area contributed by atoms with E-state index < -0.39 is 10.0 Å². The Hall–Kier alpha value is -2.16. The summed E-state index contributed by atoms with van der Waals surface area (Å²) in [7, 11) is -3.62. The molecule has 0 saturated carbocycles. The van der Waals surface area contributed by atoms with Gasteiger partial charge in [0.2, 0.25) is 10.0 Å². The fourth-order valence-electron chi connectivity index (χ4n) is 2.31. The molecule has 0 unspecified atom stereocenters. The Kier molecular flexibility index (Phi) is 5.31. The first kappa shape index (κ1) is 16.2. The molecule has 2 rings (SSSR count). The van der Waals surface area contributed by atoms with Crippen LogP contribution in [0.5, 0.6) is 0 Å². The first-order chi connectivity index (χ1) is 10.6. The van der Waals surface area contributed by atoms with E-state index in [9.17, 15) is 8.42 Å². The molecule has 2 aromatic rings. The predicted octanol–water partition coefficient (Wildman–Crippen LogP) is 3.28. The van der Waals surface area contributed by atoms with Gasteiger partial charge in [0.1, 0.15) is 0 Å². The summed E-state index contributed by atoms with van der Waals surface area (Å²) >= 11 is 0. The second-order valence-corrected chi connectivity index (χ2v) is 6.67. The van der Waals surface area contributed by atoms with Crippen molar-refractivity contribution in [3.8, 4) is 17.2 Å². The van der Waals surface area contributed by atoms with Crippen LogP contribution in [0.1, 0.15) is 13.3 Å². The maximum absolute atomic E-state index is 12.9. The van der Waals surface area contributed by atoms with Gasteiger partial charge in [-0.15, -0.1) is 0 Å². The molecule has 5 heteroatoms. The molecule has 22 heavy (non-hydrogen) atoms. The number of nitrogens with zero attached hydrogens (tertiary/aromatic N) is 2. The number of hydrogen-bond donors (Lipinski definition) is 0. The minimum atomic E-state index is -3.62. The predicted molar refractivity (Wildman–Crippen MR) is 86.5 cm³/mol. The summed E-state index contributed by atoms with van der Waals surface area (Å²) in [5.74, 6) is 0. The monoisotopic (exact) mass is 314 g/mol. The van der Waals surface area contributed by atoms with Crippen LogP contribution < -0.4 is 0 Å². The molecule has 0 atom stereocenters. The summed E-state index contributed by atoms with van der Waals surface area (Å²) in [6, 6.07) is 18.4. The fourth-order valence-corrected chi connectivity index (χ4v) is 3.97. The Morgan fingerprint density at radius 3 is 2.32 bits per heavy atom. The topological polar surface area (TPSA) is 61.2 Å². The third kappa shape index (κ3) is 3.35. The standard InChI is InChI=1S/C17H18N2O2S/c1-2-19(14-8-13-18)22(20,21)17-12-7-6-11-16(17)15-9-4-3-5-10-15/h3-7,9-12H,2,8,14H2,1H3. The summed E-state index contributed by atoms with van der Waals surface area (Å²) in [6.45, 7) is 2.33. The van der Waals surface area contributed by atoms with Crippen molar-refractivity contribution in [1.29, 1.82) is 5.26 Å². The van der Waals surface area contributed by atoms with Crippen molar-refractivity contribution in [2.75, 3.05) is 13.1 Å². The normalized spacial score (nSPS) is 11.3. The molecule has 0 radical (unpaired) electrons. The maximum atomic E-state index is 12.9. The second kappa shape index (κ2) is 7.21. The van der Waals surface area contributed by atoms with Gasteiger partial charge in [-0.1, -0.05) is 55.5 Å².